The maximum atomic E-state index is 10.4. The monoisotopic (exact) mass is 138 g/mol. The highest BCUT2D eigenvalue weighted by molar-refractivity contribution is 5.75. The number of hydrogen-bond donors (Lipinski definition) is 0. The predicted molar refractivity (Wildman–Crippen MR) is 38.4 cm³/mol. The third kappa shape index (κ3) is 6.90. The van der Waals surface area contributed by atoms with Crippen molar-refractivity contribution in [1.29, 1.82) is 0 Å². The molecule has 0 aliphatic heterocycles. The molecule has 0 aromatic heterocycles. The Hall–Kier alpha value is -1.10. The van der Waals surface area contributed by atoms with Crippen molar-refractivity contribution in [3.8, 4) is 11.8 Å². The molecule has 0 aromatic carbocycles. The fourth-order valence-electron chi connectivity index (χ4n) is 0.540. The van der Waals surface area contributed by atoms with Crippen LogP contribution in [0.15, 0.2) is 0 Å². The van der Waals surface area contributed by atoms with E-state index in [1.54, 1.807) is 6.92 Å². The lowest BCUT2D eigenvalue weighted by Gasteiger charge is -1.87. The second-order valence-corrected chi connectivity index (χ2v) is 1.99. The molecule has 0 spiro atoms. The first-order chi connectivity index (χ1) is 4.77. The Bertz CT molecular complexity index is 171. The second-order valence-electron chi connectivity index (χ2n) is 1.99. The van der Waals surface area contributed by atoms with E-state index in [-0.39, 0.29) is 5.78 Å². The SMILES string of the molecule is CC(=O)CCCC#CC=O. The minimum Gasteiger partial charge on any atom is -0.300 e. The van der Waals surface area contributed by atoms with Gasteiger partial charge < -0.3 is 4.79 Å². The summed E-state index contributed by atoms with van der Waals surface area (Å²) in [4.78, 5) is 20.0. The molecule has 0 amide bonds. The third-order valence-electron chi connectivity index (χ3n) is 0.992. The molecule has 0 heterocycles. The molecule has 0 aliphatic rings. The Morgan fingerprint density at radius 1 is 1.60 bits per heavy atom. The highest BCUT2D eigenvalue weighted by Crippen LogP contribution is 1.93. The quantitative estimate of drug-likeness (QED) is 0.330. The van der Waals surface area contributed by atoms with Crippen LogP contribution in [0.5, 0.6) is 0 Å². The van der Waals surface area contributed by atoms with Crippen LogP contribution in [0.2, 0.25) is 0 Å². The summed E-state index contributed by atoms with van der Waals surface area (Å²) < 4.78 is 0. The van der Waals surface area contributed by atoms with Gasteiger partial charge in [-0.3, -0.25) is 4.79 Å². The van der Waals surface area contributed by atoms with Gasteiger partial charge in [0, 0.05) is 12.8 Å². The molecule has 0 radical (unpaired) electrons. The van der Waals surface area contributed by atoms with Gasteiger partial charge in [-0.15, -0.1) is 0 Å². The Morgan fingerprint density at radius 2 is 2.30 bits per heavy atom. The van der Waals surface area contributed by atoms with E-state index in [0.717, 1.165) is 6.42 Å². The van der Waals surface area contributed by atoms with Gasteiger partial charge in [-0.2, -0.15) is 0 Å². The first-order valence-electron chi connectivity index (χ1n) is 3.19. The molecule has 0 fully saturated rings. The van der Waals surface area contributed by atoms with Crippen LogP contribution in [-0.2, 0) is 9.59 Å². The number of aldehydes is 1. The zero-order chi connectivity index (χ0) is 7.82. The van der Waals surface area contributed by atoms with Gasteiger partial charge in [0.15, 0.2) is 6.29 Å². The zero-order valence-corrected chi connectivity index (χ0v) is 6.02. The Balaban J connectivity index is 3.20. The van der Waals surface area contributed by atoms with E-state index in [2.05, 4.69) is 11.8 Å². The van der Waals surface area contributed by atoms with E-state index in [1.165, 1.54) is 0 Å². The number of carbonyl (C=O) groups is 2. The number of Topliss-reactive ketones (excluding diaryl/α,β-unsaturated/α-hetero) is 1. The Morgan fingerprint density at radius 3 is 2.80 bits per heavy atom. The standard InChI is InChI=1S/C8H10O2/c1-8(10)6-4-2-3-5-7-9/h7H,2,4,6H2,1H3. The lowest BCUT2D eigenvalue weighted by molar-refractivity contribution is -0.117. The van der Waals surface area contributed by atoms with Crippen LogP contribution in [0.4, 0.5) is 0 Å². The fraction of sp³-hybridized carbons (Fsp3) is 0.500. The van der Waals surface area contributed by atoms with Gasteiger partial charge in [-0.1, -0.05) is 5.92 Å². The van der Waals surface area contributed by atoms with Crippen LogP contribution < -0.4 is 0 Å². The van der Waals surface area contributed by atoms with Crippen LogP contribution in [-0.4, -0.2) is 12.1 Å². The summed E-state index contributed by atoms with van der Waals surface area (Å²) >= 11 is 0. The molecule has 2 nitrogen and oxygen atoms in total. The van der Waals surface area contributed by atoms with Gasteiger partial charge in [0.1, 0.15) is 5.78 Å². The van der Waals surface area contributed by atoms with E-state index in [1.807, 2.05) is 0 Å². The average Bonchev–Trinajstić information content (AvgIpc) is 1.87. The minimum absolute atomic E-state index is 0.174. The van der Waals surface area contributed by atoms with E-state index in [9.17, 15) is 9.59 Å². The maximum Gasteiger partial charge on any atom is 0.192 e. The van der Waals surface area contributed by atoms with Crippen LogP contribution >= 0.6 is 0 Å². The minimum atomic E-state index is 0.174. The molecule has 0 N–H and O–H groups in total. The van der Waals surface area contributed by atoms with Crippen LogP contribution in [0.25, 0.3) is 0 Å². The lowest BCUT2D eigenvalue weighted by atomic mass is 10.2. The topological polar surface area (TPSA) is 34.1 Å². The number of rotatable bonds is 3. The molecule has 0 bridgehead atoms. The van der Waals surface area contributed by atoms with Gasteiger partial charge >= 0.3 is 0 Å². The Kier molecular flexibility index (Phi) is 5.36. The first kappa shape index (κ1) is 8.90. The molecular formula is C8H10O2. The maximum absolute atomic E-state index is 10.4. The number of ketones is 1. The lowest BCUT2D eigenvalue weighted by Crippen LogP contribution is -1.87. The second kappa shape index (κ2) is 6.03. The normalized spacial score (nSPS) is 7.70. The molecule has 0 rings (SSSR count). The predicted octanol–water partition coefficient (Wildman–Crippen LogP) is 0.948. The van der Waals surface area contributed by atoms with Gasteiger partial charge in [0.2, 0.25) is 0 Å². The Labute approximate surface area is 60.6 Å². The summed E-state index contributed by atoms with van der Waals surface area (Å²) in [6.07, 6.45) is 2.52. The molecule has 0 unspecified atom stereocenters. The van der Waals surface area contributed by atoms with Crippen molar-refractivity contribution in [2.75, 3.05) is 0 Å². The smallest absolute Gasteiger partial charge is 0.192 e. The van der Waals surface area contributed by atoms with Gasteiger partial charge in [0.05, 0.1) is 0 Å². The van der Waals surface area contributed by atoms with Crippen LogP contribution in [0.3, 0.4) is 0 Å². The van der Waals surface area contributed by atoms with Crippen LogP contribution in [0.1, 0.15) is 26.2 Å². The summed E-state index contributed by atoms with van der Waals surface area (Å²) in [6.45, 7) is 1.55. The third-order valence-corrected chi connectivity index (χ3v) is 0.992. The molecule has 54 valence electrons. The van der Waals surface area contributed by atoms with Gasteiger partial charge in [-0.25, -0.2) is 0 Å². The van der Waals surface area contributed by atoms with Crippen molar-refractivity contribution >= 4 is 12.1 Å². The number of carbonyl (C=O) groups excluding carboxylic acids is 2. The van der Waals surface area contributed by atoms with Gasteiger partial charge in [0.25, 0.3) is 0 Å². The molecule has 0 saturated carbocycles. The fourth-order valence-corrected chi connectivity index (χ4v) is 0.540. The van der Waals surface area contributed by atoms with Crippen molar-refractivity contribution in [3.05, 3.63) is 0 Å². The summed E-state index contributed by atoms with van der Waals surface area (Å²) in [6, 6.07) is 0. The van der Waals surface area contributed by atoms with Crippen LogP contribution in [0, 0.1) is 11.8 Å². The highest BCUT2D eigenvalue weighted by atomic mass is 16.1. The van der Waals surface area contributed by atoms with E-state index in [0.29, 0.717) is 19.1 Å². The van der Waals surface area contributed by atoms with Crippen molar-refractivity contribution in [3.63, 3.8) is 0 Å². The number of unbranched alkanes of at least 4 members (excludes halogenated alkanes) is 1. The van der Waals surface area contributed by atoms with E-state index >= 15 is 0 Å². The zero-order valence-electron chi connectivity index (χ0n) is 6.02. The van der Waals surface area contributed by atoms with Crippen molar-refractivity contribution in [2.24, 2.45) is 0 Å². The average molecular weight is 138 g/mol. The molecule has 10 heavy (non-hydrogen) atoms. The van der Waals surface area contributed by atoms with Crippen molar-refractivity contribution in [1.82, 2.24) is 0 Å². The van der Waals surface area contributed by atoms with Crippen molar-refractivity contribution in [2.45, 2.75) is 26.2 Å². The molecule has 0 aliphatic carbocycles. The summed E-state index contributed by atoms with van der Waals surface area (Å²) in [5, 5.41) is 0. The highest BCUT2D eigenvalue weighted by Gasteiger charge is 1.89. The number of hydrogen-bond acceptors (Lipinski definition) is 2. The van der Waals surface area contributed by atoms with E-state index < -0.39 is 0 Å². The molecule has 0 saturated heterocycles. The molecule has 0 atom stereocenters. The first-order valence-corrected chi connectivity index (χ1v) is 3.19. The van der Waals surface area contributed by atoms with E-state index in [4.69, 9.17) is 0 Å². The summed E-state index contributed by atoms with van der Waals surface area (Å²) in [7, 11) is 0. The molecular weight excluding hydrogens is 128 g/mol. The molecule has 2 heteroatoms. The largest absolute Gasteiger partial charge is 0.300 e. The van der Waals surface area contributed by atoms with Gasteiger partial charge in [-0.05, 0) is 19.3 Å². The summed E-state index contributed by atoms with van der Waals surface area (Å²) in [5.74, 6) is 5.07. The van der Waals surface area contributed by atoms with Crippen molar-refractivity contribution < 1.29 is 9.59 Å². The molecule has 0 aromatic rings. The summed E-state index contributed by atoms with van der Waals surface area (Å²) in [5.41, 5.74) is 0.